The smallest absolute Gasteiger partial charge is 0.276 e. The Morgan fingerprint density at radius 1 is 1.52 bits per heavy atom. The topological polar surface area (TPSA) is 58.4 Å². The Hall–Kier alpha value is -1.85. The summed E-state index contributed by atoms with van der Waals surface area (Å²) in [5.74, 6) is 0.441. The second-order valence-electron chi connectivity index (χ2n) is 5.03. The third-order valence-electron chi connectivity index (χ3n) is 3.69. The second-order valence-corrected chi connectivity index (χ2v) is 5.47. The van der Waals surface area contributed by atoms with Crippen LogP contribution in [0.3, 0.4) is 0 Å². The molecule has 0 saturated carbocycles. The van der Waals surface area contributed by atoms with Crippen molar-refractivity contribution in [3.05, 3.63) is 52.7 Å². The third-order valence-corrected chi connectivity index (χ3v) is 3.92. The number of oxazole rings is 1. The molecule has 6 heteroatoms. The lowest BCUT2D eigenvalue weighted by atomic mass is 10.0. The van der Waals surface area contributed by atoms with E-state index < -0.39 is 0 Å². The molecule has 1 aliphatic rings. The number of nitrogens with one attached hydrogen (secondary N) is 1. The van der Waals surface area contributed by atoms with Crippen molar-refractivity contribution in [2.45, 2.75) is 13.0 Å². The van der Waals surface area contributed by atoms with Gasteiger partial charge in [-0.05, 0) is 24.6 Å². The third kappa shape index (κ3) is 2.80. The number of halogens is 1. The SMILES string of the molecule is Cc1ocnc1C(=O)N1CCNCC1c1cccc(Cl)c1. The van der Waals surface area contributed by atoms with Gasteiger partial charge in [0.2, 0.25) is 0 Å². The maximum Gasteiger partial charge on any atom is 0.276 e. The molecular weight excluding hydrogens is 290 g/mol. The summed E-state index contributed by atoms with van der Waals surface area (Å²) in [5, 5.41) is 3.99. The fraction of sp³-hybridized carbons (Fsp3) is 0.333. The van der Waals surface area contributed by atoms with Crippen molar-refractivity contribution in [3.63, 3.8) is 0 Å². The summed E-state index contributed by atoms with van der Waals surface area (Å²) < 4.78 is 5.14. The first-order valence-electron chi connectivity index (χ1n) is 6.84. The predicted octanol–water partition coefficient (Wildman–Crippen LogP) is 2.42. The molecule has 0 bridgehead atoms. The van der Waals surface area contributed by atoms with Gasteiger partial charge in [-0.25, -0.2) is 4.98 Å². The molecule has 5 nitrogen and oxygen atoms in total. The highest BCUT2D eigenvalue weighted by molar-refractivity contribution is 6.30. The van der Waals surface area contributed by atoms with Crippen LogP contribution in [-0.4, -0.2) is 35.4 Å². The molecule has 3 rings (SSSR count). The number of piperazine rings is 1. The second kappa shape index (κ2) is 5.87. The molecule has 1 amide bonds. The first-order valence-corrected chi connectivity index (χ1v) is 7.22. The highest BCUT2D eigenvalue weighted by atomic mass is 35.5. The van der Waals surface area contributed by atoms with Crippen LogP contribution in [0.5, 0.6) is 0 Å². The summed E-state index contributed by atoms with van der Waals surface area (Å²) in [6.07, 6.45) is 1.30. The van der Waals surface area contributed by atoms with E-state index in [0.29, 0.717) is 29.6 Å². The first kappa shape index (κ1) is 14.1. The van der Waals surface area contributed by atoms with E-state index in [-0.39, 0.29) is 11.9 Å². The fourth-order valence-electron chi connectivity index (χ4n) is 2.61. The van der Waals surface area contributed by atoms with Crippen LogP contribution in [0.1, 0.15) is 27.9 Å². The molecule has 110 valence electrons. The van der Waals surface area contributed by atoms with Crippen molar-refractivity contribution in [2.24, 2.45) is 0 Å². The van der Waals surface area contributed by atoms with Gasteiger partial charge < -0.3 is 14.6 Å². The lowest BCUT2D eigenvalue weighted by molar-refractivity contribution is 0.0627. The van der Waals surface area contributed by atoms with Crippen molar-refractivity contribution >= 4 is 17.5 Å². The van der Waals surface area contributed by atoms with Crippen molar-refractivity contribution < 1.29 is 9.21 Å². The van der Waals surface area contributed by atoms with Gasteiger partial charge in [0.1, 0.15) is 5.76 Å². The lowest BCUT2D eigenvalue weighted by Crippen LogP contribution is -2.48. The Labute approximate surface area is 127 Å². The number of aryl methyl sites for hydroxylation is 1. The monoisotopic (exact) mass is 305 g/mol. The van der Waals surface area contributed by atoms with Gasteiger partial charge in [-0.3, -0.25) is 4.79 Å². The summed E-state index contributed by atoms with van der Waals surface area (Å²) in [6, 6.07) is 7.56. The van der Waals surface area contributed by atoms with E-state index >= 15 is 0 Å². The molecule has 1 aromatic heterocycles. The highest BCUT2D eigenvalue weighted by Crippen LogP contribution is 2.26. The van der Waals surface area contributed by atoms with Crippen LogP contribution in [0.2, 0.25) is 5.02 Å². The predicted molar refractivity (Wildman–Crippen MR) is 79.3 cm³/mol. The Kier molecular flexibility index (Phi) is 3.94. The number of aromatic nitrogens is 1. The molecule has 1 fully saturated rings. The number of carbonyl (C=O) groups excluding carboxylic acids is 1. The van der Waals surface area contributed by atoms with Crippen LogP contribution in [0.4, 0.5) is 0 Å². The zero-order valence-corrected chi connectivity index (χ0v) is 12.4. The largest absolute Gasteiger partial charge is 0.448 e. The number of benzene rings is 1. The average molecular weight is 306 g/mol. The summed E-state index contributed by atoms with van der Waals surface area (Å²) in [6.45, 7) is 3.84. The minimum Gasteiger partial charge on any atom is -0.448 e. The van der Waals surface area contributed by atoms with Gasteiger partial charge in [0.25, 0.3) is 5.91 Å². The number of carbonyl (C=O) groups is 1. The van der Waals surface area contributed by atoms with E-state index in [1.165, 1.54) is 6.39 Å². The van der Waals surface area contributed by atoms with E-state index in [0.717, 1.165) is 12.1 Å². The Morgan fingerprint density at radius 2 is 2.38 bits per heavy atom. The van der Waals surface area contributed by atoms with Gasteiger partial charge in [-0.15, -0.1) is 0 Å². The molecule has 0 radical (unpaired) electrons. The van der Waals surface area contributed by atoms with Crippen LogP contribution in [-0.2, 0) is 0 Å². The van der Waals surface area contributed by atoms with Crippen molar-refractivity contribution in [1.29, 1.82) is 0 Å². The quantitative estimate of drug-likeness (QED) is 0.926. The van der Waals surface area contributed by atoms with Gasteiger partial charge in [0.15, 0.2) is 12.1 Å². The van der Waals surface area contributed by atoms with Gasteiger partial charge >= 0.3 is 0 Å². The van der Waals surface area contributed by atoms with Crippen LogP contribution in [0, 0.1) is 6.92 Å². The van der Waals surface area contributed by atoms with Gasteiger partial charge in [0.05, 0.1) is 6.04 Å². The van der Waals surface area contributed by atoms with Gasteiger partial charge in [-0.1, -0.05) is 23.7 Å². The molecule has 0 spiro atoms. The van der Waals surface area contributed by atoms with E-state index in [2.05, 4.69) is 10.3 Å². The van der Waals surface area contributed by atoms with Crippen LogP contribution in [0.15, 0.2) is 35.1 Å². The minimum absolute atomic E-state index is 0.0546. The molecule has 1 saturated heterocycles. The Morgan fingerprint density at radius 3 is 3.10 bits per heavy atom. The molecule has 2 heterocycles. The maximum absolute atomic E-state index is 12.7. The fourth-order valence-corrected chi connectivity index (χ4v) is 2.80. The number of rotatable bonds is 2. The number of hydrogen-bond acceptors (Lipinski definition) is 4. The number of nitrogens with zero attached hydrogens (tertiary/aromatic N) is 2. The molecule has 21 heavy (non-hydrogen) atoms. The van der Waals surface area contributed by atoms with Crippen LogP contribution in [0.25, 0.3) is 0 Å². The molecule has 1 aromatic carbocycles. The lowest BCUT2D eigenvalue weighted by Gasteiger charge is -2.36. The maximum atomic E-state index is 12.7. The van der Waals surface area contributed by atoms with E-state index in [1.807, 2.05) is 29.2 Å². The first-order chi connectivity index (χ1) is 10.2. The number of amides is 1. The van der Waals surface area contributed by atoms with E-state index in [1.54, 1.807) is 6.92 Å². The van der Waals surface area contributed by atoms with Gasteiger partial charge in [0, 0.05) is 24.7 Å². The summed E-state index contributed by atoms with van der Waals surface area (Å²) in [7, 11) is 0. The van der Waals surface area contributed by atoms with Gasteiger partial charge in [-0.2, -0.15) is 0 Å². The minimum atomic E-state index is -0.104. The molecular formula is C15H16ClN3O2. The summed E-state index contributed by atoms with van der Waals surface area (Å²) in [5.41, 5.74) is 1.40. The summed E-state index contributed by atoms with van der Waals surface area (Å²) in [4.78, 5) is 18.6. The normalized spacial score (nSPS) is 18.8. The summed E-state index contributed by atoms with van der Waals surface area (Å²) >= 11 is 6.06. The van der Waals surface area contributed by atoms with Crippen LogP contribution >= 0.6 is 11.6 Å². The van der Waals surface area contributed by atoms with Crippen molar-refractivity contribution in [1.82, 2.24) is 15.2 Å². The zero-order valence-electron chi connectivity index (χ0n) is 11.7. The number of hydrogen-bond donors (Lipinski definition) is 1. The van der Waals surface area contributed by atoms with Crippen molar-refractivity contribution in [2.75, 3.05) is 19.6 Å². The standard InChI is InChI=1S/C15H16ClN3O2/c1-10-14(18-9-21-10)15(20)19-6-5-17-8-13(19)11-3-2-4-12(16)7-11/h2-4,7,9,13,17H,5-6,8H2,1H3. The molecule has 1 N–H and O–H groups in total. The Bertz CT molecular complexity index is 656. The Balaban J connectivity index is 1.92. The van der Waals surface area contributed by atoms with Crippen LogP contribution < -0.4 is 5.32 Å². The molecule has 2 aromatic rings. The molecule has 1 atom stereocenters. The van der Waals surface area contributed by atoms with E-state index in [9.17, 15) is 4.79 Å². The van der Waals surface area contributed by atoms with Crippen molar-refractivity contribution in [3.8, 4) is 0 Å². The average Bonchev–Trinajstić information content (AvgIpc) is 2.93. The highest BCUT2D eigenvalue weighted by Gasteiger charge is 2.30. The molecule has 1 aliphatic heterocycles. The molecule has 0 aliphatic carbocycles. The van der Waals surface area contributed by atoms with E-state index in [4.69, 9.17) is 16.0 Å². The zero-order chi connectivity index (χ0) is 14.8. The molecule has 1 unspecified atom stereocenters.